The number of carbonyl (C=O) groups is 3. The molecule has 0 bridgehead atoms. The van der Waals surface area contributed by atoms with Gasteiger partial charge in [-0.05, 0) is 77.0 Å². The highest BCUT2D eigenvalue weighted by Gasteiger charge is 2.19. The fraction of sp³-hybridized carbons (Fsp3) is 0.866. The molecule has 0 aromatic heterocycles. The second kappa shape index (κ2) is 62.2. The molecule has 0 aliphatic rings. The van der Waals surface area contributed by atoms with Gasteiger partial charge in [0.25, 0.3) is 0 Å². The van der Waals surface area contributed by atoms with Gasteiger partial charge in [0.05, 0.1) is 0 Å². The van der Waals surface area contributed by atoms with Crippen molar-refractivity contribution in [3.8, 4) is 0 Å². The van der Waals surface area contributed by atoms with Crippen molar-refractivity contribution >= 4 is 17.9 Å². The summed E-state index contributed by atoms with van der Waals surface area (Å²) in [5, 5.41) is 0. The minimum atomic E-state index is -0.775. The summed E-state index contributed by atoms with van der Waals surface area (Å²) < 4.78 is 17.0. The predicted octanol–water partition coefficient (Wildman–Crippen LogP) is 22.0. The maximum absolute atomic E-state index is 12.9. The van der Waals surface area contributed by atoms with Crippen molar-refractivity contribution in [2.75, 3.05) is 13.2 Å². The van der Waals surface area contributed by atoms with Crippen LogP contribution in [0, 0.1) is 0 Å². The van der Waals surface area contributed by atoms with Gasteiger partial charge in [0, 0.05) is 19.3 Å². The zero-order chi connectivity index (χ0) is 52.9. The fourth-order valence-corrected chi connectivity index (χ4v) is 9.71. The van der Waals surface area contributed by atoms with Crippen LogP contribution in [0.4, 0.5) is 0 Å². The molecule has 0 saturated carbocycles. The van der Waals surface area contributed by atoms with Crippen LogP contribution in [0.5, 0.6) is 0 Å². The van der Waals surface area contributed by atoms with E-state index in [0.717, 1.165) is 70.6 Å². The molecule has 0 aliphatic carbocycles. The molecule has 0 spiro atoms. The zero-order valence-electron chi connectivity index (χ0n) is 49.2. The van der Waals surface area contributed by atoms with E-state index in [0.29, 0.717) is 19.3 Å². The molecule has 0 aliphatic heterocycles. The Hall–Kier alpha value is -2.37. The molecular weight excluding hydrogens is 901 g/mol. The molecule has 0 heterocycles. The van der Waals surface area contributed by atoms with Gasteiger partial charge in [0.15, 0.2) is 6.10 Å². The number of carbonyl (C=O) groups excluding carboxylic acids is 3. The first kappa shape index (κ1) is 70.6. The SMILES string of the molecule is CCCCC/C=C\C/C=C\CCCCCCCCCC(=O)O[C@H](COC(=O)CCCCCCCCCCCCC/C=C\CCCCCCCC)COC(=O)CCCCCCCCCCCCCCCCCCC. The van der Waals surface area contributed by atoms with E-state index in [1.54, 1.807) is 0 Å². The Labute approximate surface area is 455 Å². The van der Waals surface area contributed by atoms with Gasteiger partial charge in [0.2, 0.25) is 0 Å². The molecule has 0 unspecified atom stereocenters. The minimum Gasteiger partial charge on any atom is -0.462 e. The van der Waals surface area contributed by atoms with Crippen LogP contribution in [0.3, 0.4) is 0 Å². The normalized spacial score (nSPS) is 12.2. The lowest BCUT2D eigenvalue weighted by Gasteiger charge is -2.18. The molecule has 0 aromatic carbocycles. The third-order valence-electron chi connectivity index (χ3n) is 14.6. The first-order valence-electron chi connectivity index (χ1n) is 32.5. The number of ether oxygens (including phenoxy) is 3. The lowest BCUT2D eigenvalue weighted by atomic mass is 10.0. The van der Waals surface area contributed by atoms with Gasteiger partial charge in [0.1, 0.15) is 13.2 Å². The highest BCUT2D eigenvalue weighted by molar-refractivity contribution is 5.71. The number of allylic oxidation sites excluding steroid dienone is 6. The van der Waals surface area contributed by atoms with Crippen LogP contribution in [0.2, 0.25) is 0 Å². The number of esters is 3. The molecule has 428 valence electrons. The monoisotopic (exact) mass is 1020 g/mol. The van der Waals surface area contributed by atoms with Crippen molar-refractivity contribution in [1.29, 1.82) is 0 Å². The second-order valence-corrected chi connectivity index (χ2v) is 22.0. The summed E-state index contributed by atoms with van der Waals surface area (Å²) in [4.78, 5) is 38.3. The number of hydrogen-bond acceptors (Lipinski definition) is 6. The quantitative estimate of drug-likeness (QED) is 0.0261. The van der Waals surface area contributed by atoms with E-state index in [2.05, 4.69) is 57.2 Å². The van der Waals surface area contributed by atoms with Gasteiger partial charge < -0.3 is 14.2 Å². The van der Waals surface area contributed by atoms with Crippen LogP contribution in [0.25, 0.3) is 0 Å². The van der Waals surface area contributed by atoms with Gasteiger partial charge >= 0.3 is 17.9 Å². The van der Waals surface area contributed by atoms with Gasteiger partial charge in [-0.3, -0.25) is 14.4 Å². The second-order valence-electron chi connectivity index (χ2n) is 22.0. The van der Waals surface area contributed by atoms with Crippen molar-refractivity contribution in [2.45, 2.75) is 361 Å². The molecule has 1 atom stereocenters. The molecule has 0 rings (SSSR count). The van der Waals surface area contributed by atoms with E-state index in [9.17, 15) is 14.4 Å². The Morgan fingerprint density at radius 2 is 0.493 bits per heavy atom. The van der Waals surface area contributed by atoms with Crippen molar-refractivity contribution < 1.29 is 28.6 Å². The first-order chi connectivity index (χ1) is 36.0. The van der Waals surface area contributed by atoms with E-state index in [1.165, 1.54) is 244 Å². The molecule has 0 radical (unpaired) electrons. The van der Waals surface area contributed by atoms with Crippen LogP contribution >= 0.6 is 0 Å². The third kappa shape index (κ3) is 60.4. The van der Waals surface area contributed by atoms with Gasteiger partial charge in [-0.2, -0.15) is 0 Å². The number of rotatable bonds is 60. The van der Waals surface area contributed by atoms with E-state index in [1.807, 2.05) is 0 Å². The van der Waals surface area contributed by atoms with Crippen molar-refractivity contribution in [3.05, 3.63) is 36.5 Å². The van der Waals surface area contributed by atoms with E-state index in [-0.39, 0.29) is 31.1 Å². The standard InChI is InChI=1S/C67H124O6/c1-4-7-10-13-16-19-22-25-28-31-32-33-34-37-39-42-45-48-51-54-57-60-66(69)72-63-64(73-67(70)61-58-55-52-49-46-43-40-36-30-27-24-21-18-15-12-9-6-3)62-71-65(68)59-56-53-50-47-44-41-38-35-29-26-23-20-17-14-11-8-5-2/h18,21,25,27-28,30,64H,4-17,19-20,22-24,26,29,31-63H2,1-3H3/b21-18-,28-25-,30-27-/t64-/m0/s1. The molecule has 0 aromatic rings. The molecule has 0 N–H and O–H groups in total. The largest absolute Gasteiger partial charge is 0.462 e. The van der Waals surface area contributed by atoms with E-state index in [4.69, 9.17) is 14.2 Å². The van der Waals surface area contributed by atoms with E-state index >= 15 is 0 Å². The summed E-state index contributed by atoms with van der Waals surface area (Å²) in [6.45, 7) is 6.67. The summed E-state index contributed by atoms with van der Waals surface area (Å²) in [6, 6.07) is 0. The van der Waals surface area contributed by atoms with Gasteiger partial charge in [-0.1, -0.05) is 295 Å². The van der Waals surface area contributed by atoms with Gasteiger partial charge in [-0.15, -0.1) is 0 Å². The molecule has 0 fully saturated rings. The van der Waals surface area contributed by atoms with Crippen molar-refractivity contribution in [3.63, 3.8) is 0 Å². The number of unbranched alkanes of at least 4 members (excludes halogenated alkanes) is 43. The Balaban J connectivity index is 4.32. The average Bonchev–Trinajstić information content (AvgIpc) is 3.39. The molecule has 0 saturated heterocycles. The lowest BCUT2D eigenvalue weighted by Crippen LogP contribution is -2.30. The minimum absolute atomic E-state index is 0.0710. The van der Waals surface area contributed by atoms with Crippen molar-refractivity contribution in [1.82, 2.24) is 0 Å². The smallest absolute Gasteiger partial charge is 0.306 e. The fourth-order valence-electron chi connectivity index (χ4n) is 9.71. The molecule has 0 amide bonds. The topological polar surface area (TPSA) is 78.9 Å². The lowest BCUT2D eigenvalue weighted by molar-refractivity contribution is -0.167. The van der Waals surface area contributed by atoms with Crippen LogP contribution in [0.15, 0.2) is 36.5 Å². The number of hydrogen-bond donors (Lipinski definition) is 0. The predicted molar refractivity (Wildman–Crippen MR) is 316 cm³/mol. The summed E-state index contributed by atoms with van der Waals surface area (Å²) in [5.41, 5.74) is 0. The molecular formula is C67H124O6. The third-order valence-corrected chi connectivity index (χ3v) is 14.6. The maximum Gasteiger partial charge on any atom is 0.306 e. The van der Waals surface area contributed by atoms with Crippen LogP contribution in [0.1, 0.15) is 355 Å². The molecule has 73 heavy (non-hydrogen) atoms. The summed E-state index contributed by atoms with van der Waals surface area (Å²) in [5.74, 6) is -0.855. The summed E-state index contributed by atoms with van der Waals surface area (Å²) in [6.07, 6.45) is 75.7. The Bertz CT molecular complexity index is 1220. The van der Waals surface area contributed by atoms with E-state index < -0.39 is 6.10 Å². The summed E-state index contributed by atoms with van der Waals surface area (Å²) >= 11 is 0. The Morgan fingerprint density at radius 3 is 0.795 bits per heavy atom. The maximum atomic E-state index is 12.9. The first-order valence-corrected chi connectivity index (χ1v) is 32.5. The Morgan fingerprint density at radius 1 is 0.274 bits per heavy atom. The Kier molecular flexibility index (Phi) is 60.2. The average molecular weight is 1030 g/mol. The highest BCUT2D eigenvalue weighted by Crippen LogP contribution is 2.17. The summed E-state index contributed by atoms with van der Waals surface area (Å²) in [7, 11) is 0. The van der Waals surface area contributed by atoms with Crippen molar-refractivity contribution in [2.24, 2.45) is 0 Å². The zero-order valence-corrected chi connectivity index (χ0v) is 49.2. The van der Waals surface area contributed by atoms with Gasteiger partial charge in [-0.25, -0.2) is 0 Å². The van der Waals surface area contributed by atoms with Crippen LogP contribution in [-0.2, 0) is 28.6 Å². The molecule has 6 nitrogen and oxygen atoms in total. The highest BCUT2D eigenvalue weighted by atomic mass is 16.6. The van der Waals surface area contributed by atoms with Crippen LogP contribution in [-0.4, -0.2) is 37.2 Å². The van der Waals surface area contributed by atoms with Crippen LogP contribution < -0.4 is 0 Å². The molecule has 6 heteroatoms.